The summed E-state index contributed by atoms with van der Waals surface area (Å²) in [6.07, 6.45) is 0. The van der Waals surface area contributed by atoms with Gasteiger partial charge in [0.1, 0.15) is 0 Å². The summed E-state index contributed by atoms with van der Waals surface area (Å²) in [5.41, 5.74) is 1.37. The van der Waals surface area contributed by atoms with Crippen molar-refractivity contribution in [2.24, 2.45) is 0 Å². The average molecular weight is 246 g/mol. The normalized spacial score (nSPS) is 11.3. The second kappa shape index (κ2) is 6.41. The SMILES string of the molecule is CN(Cc1ccccc1)SC(C)(C)C.Cl. The summed E-state index contributed by atoms with van der Waals surface area (Å²) in [6, 6.07) is 10.6. The number of hydrogen-bond donors (Lipinski definition) is 0. The van der Waals surface area contributed by atoms with Gasteiger partial charge in [-0.3, -0.25) is 0 Å². The first-order valence-electron chi connectivity index (χ1n) is 4.91. The lowest BCUT2D eigenvalue weighted by Gasteiger charge is -2.25. The Bertz CT molecular complexity index is 269. The third kappa shape index (κ3) is 6.82. The Morgan fingerprint density at radius 1 is 1.13 bits per heavy atom. The predicted octanol–water partition coefficient (Wildman–Crippen LogP) is 3.99. The van der Waals surface area contributed by atoms with Crippen molar-refractivity contribution in [2.45, 2.75) is 32.1 Å². The maximum atomic E-state index is 2.29. The maximum Gasteiger partial charge on any atom is 0.0337 e. The molecule has 1 rings (SSSR count). The van der Waals surface area contributed by atoms with Gasteiger partial charge in [0.2, 0.25) is 0 Å². The second-order valence-corrected chi connectivity index (χ2v) is 6.51. The highest BCUT2D eigenvalue weighted by molar-refractivity contribution is 7.98. The highest BCUT2D eigenvalue weighted by Gasteiger charge is 2.14. The molecule has 0 spiro atoms. The Balaban J connectivity index is 0.00000196. The molecule has 15 heavy (non-hydrogen) atoms. The fourth-order valence-corrected chi connectivity index (χ4v) is 2.49. The van der Waals surface area contributed by atoms with Crippen molar-refractivity contribution in [1.82, 2.24) is 4.31 Å². The molecule has 0 aliphatic rings. The quantitative estimate of drug-likeness (QED) is 0.741. The smallest absolute Gasteiger partial charge is 0.0337 e. The lowest BCUT2D eigenvalue weighted by molar-refractivity contribution is 0.550. The van der Waals surface area contributed by atoms with E-state index in [-0.39, 0.29) is 12.4 Å². The van der Waals surface area contributed by atoms with Crippen LogP contribution < -0.4 is 0 Å². The summed E-state index contributed by atoms with van der Waals surface area (Å²) < 4.78 is 2.58. The van der Waals surface area contributed by atoms with Gasteiger partial charge < -0.3 is 0 Å². The van der Waals surface area contributed by atoms with Crippen LogP contribution >= 0.6 is 24.4 Å². The van der Waals surface area contributed by atoms with Gasteiger partial charge in [-0.15, -0.1) is 12.4 Å². The lowest BCUT2D eigenvalue weighted by Crippen LogP contribution is -2.19. The summed E-state index contributed by atoms with van der Waals surface area (Å²) in [5.74, 6) is 0. The first-order chi connectivity index (χ1) is 6.47. The summed E-state index contributed by atoms with van der Waals surface area (Å²) in [7, 11) is 2.14. The summed E-state index contributed by atoms with van der Waals surface area (Å²) in [5, 5.41) is 0. The van der Waals surface area contributed by atoms with Crippen LogP contribution in [0.1, 0.15) is 26.3 Å². The zero-order valence-corrected chi connectivity index (χ0v) is 11.5. The van der Waals surface area contributed by atoms with Gasteiger partial charge in [0, 0.05) is 11.3 Å². The number of nitrogens with zero attached hydrogens (tertiary/aromatic N) is 1. The maximum absolute atomic E-state index is 2.29. The van der Waals surface area contributed by atoms with Gasteiger partial charge in [-0.2, -0.15) is 0 Å². The molecule has 0 heterocycles. The van der Waals surface area contributed by atoms with Gasteiger partial charge in [-0.05, 0) is 33.4 Å². The third-order valence-corrected chi connectivity index (χ3v) is 2.67. The van der Waals surface area contributed by atoms with Gasteiger partial charge in [-0.1, -0.05) is 42.3 Å². The standard InChI is InChI=1S/C12H19NS.ClH/c1-12(2,3)14-13(4)10-11-8-6-5-7-9-11;/h5-9H,10H2,1-4H3;1H. The van der Waals surface area contributed by atoms with Crippen LogP contribution in [0.4, 0.5) is 0 Å². The van der Waals surface area contributed by atoms with Crippen molar-refractivity contribution >= 4 is 24.4 Å². The highest BCUT2D eigenvalue weighted by atomic mass is 35.5. The van der Waals surface area contributed by atoms with Gasteiger partial charge in [0.25, 0.3) is 0 Å². The molecule has 0 bridgehead atoms. The Labute approximate surface area is 104 Å². The Hall–Kier alpha value is -0.180. The van der Waals surface area contributed by atoms with Gasteiger partial charge in [-0.25, -0.2) is 4.31 Å². The monoisotopic (exact) mass is 245 g/mol. The van der Waals surface area contributed by atoms with E-state index in [0.29, 0.717) is 4.75 Å². The molecular weight excluding hydrogens is 226 g/mol. The van der Waals surface area contributed by atoms with E-state index in [2.05, 4.69) is 62.5 Å². The van der Waals surface area contributed by atoms with Crippen molar-refractivity contribution in [2.75, 3.05) is 7.05 Å². The van der Waals surface area contributed by atoms with Crippen molar-refractivity contribution in [3.05, 3.63) is 35.9 Å². The minimum atomic E-state index is 0. The molecular formula is C12H20ClNS. The summed E-state index contributed by atoms with van der Waals surface area (Å²) in [4.78, 5) is 0. The van der Waals surface area contributed by atoms with Gasteiger partial charge in [0.15, 0.2) is 0 Å². The van der Waals surface area contributed by atoms with E-state index in [1.807, 2.05) is 11.9 Å². The zero-order valence-electron chi connectivity index (χ0n) is 9.86. The molecule has 3 heteroatoms. The van der Waals surface area contributed by atoms with E-state index < -0.39 is 0 Å². The largest absolute Gasteiger partial charge is 0.249 e. The number of rotatable bonds is 3. The van der Waals surface area contributed by atoms with Crippen molar-refractivity contribution in [3.63, 3.8) is 0 Å². The van der Waals surface area contributed by atoms with Crippen molar-refractivity contribution in [1.29, 1.82) is 0 Å². The first kappa shape index (κ1) is 14.8. The molecule has 0 fully saturated rings. The molecule has 1 aromatic rings. The Morgan fingerprint density at radius 2 is 1.67 bits per heavy atom. The molecule has 0 amide bonds. The highest BCUT2D eigenvalue weighted by Crippen LogP contribution is 2.27. The van der Waals surface area contributed by atoms with Gasteiger partial charge in [0.05, 0.1) is 0 Å². The Morgan fingerprint density at radius 3 is 2.13 bits per heavy atom. The fourth-order valence-electron chi connectivity index (χ4n) is 1.34. The summed E-state index contributed by atoms with van der Waals surface area (Å²) in [6.45, 7) is 7.71. The molecule has 0 unspecified atom stereocenters. The lowest BCUT2D eigenvalue weighted by atomic mass is 10.2. The third-order valence-electron chi connectivity index (χ3n) is 1.68. The van der Waals surface area contributed by atoms with Gasteiger partial charge >= 0.3 is 0 Å². The summed E-state index contributed by atoms with van der Waals surface area (Å²) >= 11 is 1.88. The molecule has 0 radical (unpaired) electrons. The van der Waals surface area contributed by atoms with Crippen LogP contribution in [0.15, 0.2) is 30.3 Å². The van der Waals surface area contributed by atoms with Crippen LogP contribution in [-0.4, -0.2) is 16.1 Å². The first-order valence-corrected chi connectivity index (χ1v) is 5.69. The molecule has 1 aromatic carbocycles. The molecule has 86 valence electrons. The molecule has 1 nitrogen and oxygen atoms in total. The number of hydrogen-bond acceptors (Lipinski definition) is 2. The number of halogens is 1. The van der Waals surface area contributed by atoms with Crippen LogP contribution in [0.2, 0.25) is 0 Å². The molecule has 0 saturated heterocycles. The van der Waals surface area contributed by atoms with Crippen LogP contribution in [0, 0.1) is 0 Å². The fraction of sp³-hybridized carbons (Fsp3) is 0.500. The molecule has 0 N–H and O–H groups in total. The minimum Gasteiger partial charge on any atom is -0.249 e. The number of benzene rings is 1. The van der Waals surface area contributed by atoms with Crippen molar-refractivity contribution < 1.29 is 0 Å². The molecule has 0 atom stereocenters. The van der Waals surface area contributed by atoms with Crippen molar-refractivity contribution in [3.8, 4) is 0 Å². The Kier molecular flexibility index (Phi) is 6.34. The van der Waals surface area contributed by atoms with E-state index in [1.54, 1.807) is 0 Å². The predicted molar refractivity (Wildman–Crippen MR) is 72.5 cm³/mol. The van der Waals surface area contributed by atoms with Crippen LogP contribution in [0.5, 0.6) is 0 Å². The molecule has 0 aromatic heterocycles. The topological polar surface area (TPSA) is 3.24 Å². The molecule has 0 aliphatic heterocycles. The van der Waals surface area contributed by atoms with E-state index in [4.69, 9.17) is 0 Å². The molecule has 0 saturated carbocycles. The average Bonchev–Trinajstić information content (AvgIpc) is 2.02. The second-order valence-electron chi connectivity index (χ2n) is 4.48. The van der Waals surface area contributed by atoms with Crippen LogP contribution in [0.3, 0.4) is 0 Å². The van der Waals surface area contributed by atoms with E-state index in [1.165, 1.54) is 5.56 Å². The minimum absolute atomic E-state index is 0. The van der Waals surface area contributed by atoms with E-state index >= 15 is 0 Å². The zero-order chi connectivity index (χ0) is 10.6. The van der Waals surface area contributed by atoms with Crippen LogP contribution in [0.25, 0.3) is 0 Å². The molecule has 0 aliphatic carbocycles. The van der Waals surface area contributed by atoms with E-state index in [0.717, 1.165) is 6.54 Å². The van der Waals surface area contributed by atoms with E-state index in [9.17, 15) is 0 Å². The van der Waals surface area contributed by atoms with Crippen LogP contribution in [-0.2, 0) is 6.54 Å².